The van der Waals surface area contributed by atoms with Crippen LogP contribution >= 0.6 is 11.3 Å². The Kier molecular flexibility index (Phi) is 3.75. The summed E-state index contributed by atoms with van der Waals surface area (Å²) in [5.41, 5.74) is 7.41. The molecule has 1 unspecified atom stereocenters. The SMILES string of the molecule is CC(CCCN)c1nc(-c2cnc3ccsc3c2)no1. The van der Waals surface area contributed by atoms with Gasteiger partial charge in [-0.25, -0.2) is 0 Å². The zero-order chi connectivity index (χ0) is 13.9. The van der Waals surface area contributed by atoms with Crippen LogP contribution in [0.25, 0.3) is 21.6 Å². The van der Waals surface area contributed by atoms with Gasteiger partial charge in [-0.2, -0.15) is 4.98 Å². The Bertz CT molecular complexity index is 706. The lowest BCUT2D eigenvalue weighted by Gasteiger charge is -2.03. The van der Waals surface area contributed by atoms with E-state index in [1.807, 2.05) is 17.5 Å². The Hall–Kier alpha value is -1.79. The highest BCUT2D eigenvalue weighted by atomic mass is 32.1. The summed E-state index contributed by atoms with van der Waals surface area (Å²) in [5.74, 6) is 1.50. The molecule has 0 bridgehead atoms. The van der Waals surface area contributed by atoms with Gasteiger partial charge < -0.3 is 10.3 Å². The largest absolute Gasteiger partial charge is 0.339 e. The van der Waals surface area contributed by atoms with Crippen molar-refractivity contribution < 1.29 is 4.52 Å². The van der Waals surface area contributed by atoms with Gasteiger partial charge in [0.1, 0.15) is 0 Å². The van der Waals surface area contributed by atoms with Crippen LogP contribution in [-0.4, -0.2) is 21.7 Å². The summed E-state index contributed by atoms with van der Waals surface area (Å²) in [6.45, 7) is 2.76. The number of thiophene rings is 1. The van der Waals surface area contributed by atoms with Gasteiger partial charge in [0.15, 0.2) is 0 Å². The first-order valence-electron chi connectivity index (χ1n) is 6.65. The van der Waals surface area contributed by atoms with Gasteiger partial charge in [0, 0.05) is 17.7 Å². The van der Waals surface area contributed by atoms with Gasteiger partial charge in [0.05, 0.1) is 10.2 Å². The smallest absolute Gasteiger partial charge is 0.229 e. The van der Waals surface area contributed by atoms with Gasteiger partial charge >= 0.3 is 0 Å². The highest BCUT2D eigenvalue weighted by molar-refractivity contribution is 7.17. The summed E-state index contributed by atoms with van der Waals surface area (Å²) in [6, 6.07) is 4.05. The lowest BCUT2D eigenvalue weighted by atomic mass is 10.1. The molecule has 5 nitrogen and oxygen atoms in total. The van der Waals surface area contributed by atoms with E-state index in [-0.39, 0.29) is 5.92 Å². The second kappa shape index (κ2) is 5.68. The molecule has 6 heteroatoms. The predicted octanol–water partition coefficient (Wildman–Crippen LogP) is 3.19. The topological polar surface area (TPSA) is 77.8 Å². The number of hydrogen-bond acceptors (Lipinski definition) is 6. The number of nitrogens with two attached hydrogens (primary N) is 1. The highest BCUT2D eigenvalue weighted by Crippen LogP contribution is 2.26. The Morgan fingerprint density at radius 2 is 2.35 bits per heavy atom. The van der Waals surface area contributed by atoms with Crippen LogP contribution in [0.1, 0.15) is 31.6 Å². The average molecular weight is 288 g/mol. The van der Waals surface area contributed by atoms with Crippen LogP contribution < -0.4 is 5.73 Å². The fourth-order valence-electron chi connectivity index (χ4n) is 2.07. The summed E-state index contributed by atoms with van der Waals surface area (Å²) in [5, 5.41) is 6.08. The quantitative estimate of drug-likeness (QED) is 0.780. The molecule has 0 aliphatic heterocycles. The van der Waals surface area contributed by atoms with Gasteiger partial charge in [-0.3, -0.25) is 4.98 Å². The standard InChI is InChI=1S/C14H16N4OS/c1-9(3-2-5-15)14-17-13(18-19-14)10-7-12-11(16-8-10)4-6-20-12/h4,6-9H,2-3,5,15H2,1H3. The van der Waals surface area contributed by atoms with Gasteiger partial charge in [0.2, 0.25) is 11.7 Å². The zero-order valence-corrected chi connectivity index (χ0v) is 12.1. The molecule has 0 fully saturated rings. The molecule has 3 rings (SSSR count). The summed E-state index contributed by atoms with van der Waals surface area (Å²) >= 11 is 1.66. The third kappa shape index (κ3) is 2.57. The summed E-state index contributed by atoms with van der Waals surface area (Å²) in [6.07, 6.45) is 3.70. The van der Waals surface area contributed by atoms with Crippen LogP contribution in [0.15, 0.2) is 28.2 Å². The number of fused-ring (bicyclic) bond motifs is 1. The van der Waals surface area contributed by atoms with Crippen molar-refractivity contribution in [2.24, 2.45) is 5.73 Å². The summed E-state index contributed by atoms with van der Waals surface area (Å²) in [7, 11) is 0. The van der Waals surface area contributed by atoms with E-state index in [0.29, 0.717) is 18.3 Å². The lowest BCUT2D eigenvalue weighted by Crippen LogP contribution is -2.02. The third-order valence-corrected chi connectivity index (χ3v) is 4.12. The van der Waals surface area contributed by atoms with Gasteiger partial charge in [-0.15, -0.1) is 11.3 Å². The maximum Gasteiger partial charge on any atom is 0.229 e. The van der Waals surface area contributed by atoms with E-state index in [0.717, 1.165) is 28.6 Å². The van der Waals surface area contributed by atoms with Crippen LogP contribution in [0.2, 0.25) is 0 Å². The molecule has 0 aliphatic carbocycles. The first-order valence-corrected chi connectivity index (χ1v) is 7.53. The van der Waals surface area contributed by atoms with Crippen LogP contribution in [0.4, 0.5) is 0 Å². The minimum Gasteiger partial charge on any atom is -0.339 e. The van der Waals surface area contributed by atoms with Crippen molar-refractivity contribution in [2.45, 2.75) is 25.7 Å². The van der Waals surface area contributed by atoms with E-state index in [1.54, 1.807) is 17.5 Å². The minimum absolute atomic E-state index is 0.234. The summed E-state index contributed by atoms with van der Waals surface area (Å²) in [4.78, 5) is 8.86. The fourth-order valence-corrected chi connectivity index (χ4v) is 2.85. The number of nitrogens with zero attached hydrogens (tertiary/aromatic N) is 3. The van der Waals surface area contributed by atoms with Crippen molar-refractivity contribution in [1.82, 2.24) is 15.1 Å². The van der Waals surface area contributed by atoms with Crippen molar-refractivity contribution in [2.75, 3.05) is 6.54 Å². The molecule has 0 saturated heterocycles. The van der Waals surface area contributed by atoms with Crippen molar-refractivity contribution in [3.05, 3.63) is 29.6 Å². The number of aromatic nitrogens is 3. The highest BCUT2D eigenvalue weighted by Gasteiger charge is 2.15. The number of pyridine rings is 1. The molecule has 0 aliphatic rings. The maximum atomic E-state index is 5.52. The summed E-state index contributed by atoms with van der Waals surface area (Å²) < 4.78 is 6.47. The van der Waals surface area contributed by atoms with E-state index >= 15 is 0 Å². The molecule has 1 atom stereocenters. The Balaban J connectivity index is 1.85. The molecule has 0 saturated carbocycles. The van der Waals surface area contributed by atoms with Crippen LogP contribution in [0.5, 0.6) is 0 Å². The number of rotatable bonds is 5. The molecule has 104 valence electrons. The van der Waals surface area contributed by atoms with Crippen molar-refractivity contribution in [1.29, 1.82) is 0 Å². The van der Waals surface area contributed by atoms with Crippen molar-refractivity contribution >= 4 is 21.6 Å². The van der Waals surface area contributed by atoms with E-state index in [9.17, 15) is 0 Å². The van der Waals surface area contributed by atoms with Gasteiger partial charge in [-0.1, -0.05) is 12.1 Å². The second-order valence-corrected chi connectivity index (χ2v) is 5.76. The maximum absolute atomic E-state index is 5.52. The first kappa shape index (κ1) is 13.2. The molecule has 2 N–H and O–H groups in total. The van der Waals surface area contributed by atoms with Gasteiger partial charge in [-0.05, 0) is 36.9 Å². The minimum atomic E-state index is 0.234. The molecular weight excluding hydrogens is 272 g/mol. The Morgan fingerprint density at radius 1 is 1.45 bits per heavy atom. The molecular formula is C14H16N4OS. The molecule has 20 heavy (non-hydrogen) atoms. The monoisotopic (exact) mass is 288 g/mol. The van der Waals surface area contributed by atoms with E-state index in [2.05, 4.69) is 22.0 Å². The van der Waals surface area contributed by atoms with Gasteiger partial charge in [0.25, 0.3) is 0 Å². The zero-order valence-electron chi connectivity index (χ0n) is 11.2. The predicted molar refractivity (Wildman–Crippen MR) is 79.6 cm³/mol. The molecule has 3 aromatic heterocycles. The normalized spacial score (nSPS) is 12.9. The molecule has 0 radical (unpaired) electrons. The number of hydrogen-bond donors (Lipinski definition) is 1. The van der Waals surface area contributed by atoms with E-state index in [4.69, 9.17) is 10.3 Å². The van der Waals surface area contributed by atoms with Crippen LogP contribution in [0, 0.1) is 0 Å². The lowest BCUT2D eigenvalue weighted by molar-refractivity contribution is 0.352. The molecule has 0 spiro atoms. The molecule has 3 heterocycles. The van der Waals surface area contributed by atoms with Crippen LogP contribution in [0.3, 0.4) is 0 Å². The van der Waals surface area contributed by atoms with Crippen molar-refractivity contribution in [3.63, 3.8) is 0 Å². The van der Waals surface area contributed by atoms with Crippen LogP contribution in [-0.2, 0) is 0 Å². The molecule has 3 aromatic rings. The van der Waals surface area contributed by atoms with E-state index in [1.165, 1.54) is 0 Å². The fraction of sp³-hybridized carbons (Fsp3) is 0.357. The Morgan fingerprint density at radius 3 is 3.20 bits per heavy atom. The average Bonchev–Trinajstić information content (AvgIpc) is 3.12. The van der Waals surface area contributed by atoms with E-state index < -0.39 is 0 Å². The first-order chi connectivity index (χ1) is 9.78. The Labute approximate surface area is 120 Å². The second-order valence-electron chi connectivity index (χ2n) is 4.82. The molecule has 0 aromatic carbocycles. The third-order valence-electron chi connectivity index (χ3n) is 3.27. The van der Waals surface area contributed by atoms with Crippen molar-refractivity contribution in [3.8, 4) is 11.4 Å². The molecule has 0 amide bonds.